The van der Waals surface area contributed by atoms with Crippen LogP contribution in [0.15, 0.2) is 0 Å². The number of carboxylic acids is 1. The molecule has 1 amide bonds. The highest BCUT2D eigenvalue weighted by atomic mass is 16.4. The van der Waals surface area contributed by atoms with Gasteiger partial charge in [0, 0.05) is 18.9 Å². The molecule has 6 heteroatoms. The van der Waals surface area contributed by atoms with E-state index >= 15 is 0 Å². The van der Waals surface area contributed by atoms with Crippen molar-refractivity contribution in [1.29, 1.82) is 0 Å². The highest BCUT2D eigenvalue weighted by molar-refractivity contribution is 5.76. The molecule has 4 rings (SSSR count). The van der Waals surface area contributed by atoms with Crippen molar-refractivity contribution in [1.82, 2.24) is 5.32 Å². The molecule has 4 aliphatic carbocycles. The fourth-order valence-corrected chi connectivity index (χ4v) is 12.3. The summed E-state index contributed by atoms with van der Waals surface area (Å²) in [6.45, 7) is 9.14. The maximum atomic E-state index is 13.0. The van der Waals surface area contributed by atoms with E-state index in [0.29, 0.717) is 30.6 Å². The average Bonchev–Trinajstić information content (AvgIpc) is 3.46. The van der Waals surface area contributed by atoms with E-state index in [-0.39, 0.29) is 53.1 Å². The number of rotatable bonds is 24. The Kier molecular flexibility index (Phi) is 17.6. The molecule has 0 spiro atoms. The maximum Gasteiger partial charge on any atom is 0.303 e. The van der Waals surface area contributed by atoms with Crippen LogP contribution >= 0.6 is 0 Å². The Morgan fingerprint density at radius 3 is 1.80 bits per heavy atom. The summed E-state index contributed by atoms with van der Waals surface area (Å²) in [5.74, 6) is 1.14. The third kappa shape index (κ3) is 11.4. The summed E-state index contributed by atoms with van der Waals surface area (Å²) in [5.41, 5.74) is -0.186. The van der Waals surface area contributed by atoms with Gasteiger partial charge in [0.2, 0.25) is 5.91 Å². The lowest BCUT2D eigenvalue weighted by atomic mass is 9.43. The number of amides is 1. The molecule has 0 radical (unpaired) electrons. The Labute approximate surface area is 313 Å². The monoisotopic (exact) mass is 716 g/mol. The second-order valence-electron chi connectivity index (χ2n) is 18.8. The van der Waals surface area contributed by atoms with E-state index in [1.54, 1.807) is 0 Å². The smallest absolute Gasteiger partial charge is 0.303 e. The first kappa shape index (κ1) is 42.6. The van der Waals surface area contributed by atoms with Crippen LogP contribution in [0.1, 0.15) is 207 Å². The Morgan fingerprint density at radius 1 is 0.706 bits per heavy atom. The van der Waals surface area contributed by atoms with Crippen LogP contribution in [0.5, 0.6) is 0 Å². The van der Waals surface area contributed by atoms with Gasteiger partial charge in [-0.3, -0.25) is 9.59 Å². The van der Waals surface area contributed by atoms with Crippen molar-refractivity contribution in [3.63, 3.8) is 0 Å². The molecule has 0 aromatic heterocycles. The molecule has 4 N–H and O–H groups in total. The normalized spacial score (nSPS) is 35.1. The van der Waals surface area contributed by atoms with Crippen LogP contribution in [-0.4, -0.2) is 45.4 Å². The molecular formula is C45H81NO5. The first-order valence-corrected chi connectivity index (χ1v) is 22.4. The molecule has 51 heavy (non-hydrogen) atoms. The minimum absolute atomic E-state index is 0.0771. The lowest BCUT2D eigenvalue weighted by Crippen LogP contribution is -2.63. The van der Waals surface area contributed by atoms with Crippen molar-refractivity contribution >= 4 is 11.9 Å². The molecule has 0 aliphatic heterocycles. The average molecular weight is 716 g/mol. The lowest BCUT2D eigenvalue weighted by Gasteiger charge is -2.63. The minimum atomic E-state index is -0.746. The van der Waals surface area contributed by atoms with Gasteiger partial charge in [-0.25, -0.2) is 0 Å². The summed E-state index contributed by atoms with van der Waals surface area (Å²) >= 11 is 0. The van der Waals surface area contributed by atoms with Gasteiger partial charge < -0.3 is 20.6 Å². The molecule has 0 aromatic rings. The van der Waals surface area contributed by atoms with E-state index in [0.717, 1.165) is 57.8 Å². The highest BCUT2D eigenvalue weighted by Gasteiger charge is 2.65. The molecule has 3 unspecified atom stereocenters. The largest absolute Gasteiger partial charge is 0.481 e. The Bertz CT molecular complexity index is 1030. The predicted molar refractivity (Wildman–Crippen MR) is 209 cm³/mol. The number of aliphatic hydroxyl groups is 2. The van der Waals surface area contributed by atoms with Crippen molar-refractivity contribution in [2.24, 2.45) is 46.3 Å². The van der Waals surface area contributed by atoms with E-state index in [1.807, 2.05) is 0 Å². The van der Waals surface area contributed by atoms with E-state index in [1.165, 1.54) is 103 Å². The molecule has 0 heterocycles. The number of aliphatic hydroxyl groups excluding tert-OH is 2. The molecule has 4 aliphatic rings. The fraction of sp³-hybridized carbons (Fsp3) is 0.956. The summed E-state index contributed by atoms with van der Waals surface area (Å²) in [6.07, 6.45) is 31.6. The molecule has 0 saturated heterocycles. The van der Waals surface area contributed by atoms with Crippen molar-refractivity contribution in [3.05, 3.63) is 0 Å². The number of hydrogen-bond donors (Lipinski definition) is 4. The van der Waals surface area contributed by atoms with Gasteiger partial charge in [0.15, 0.2) is 0 Å². The van der Waals surface area contributed by atoms with Crippen molar-refractivity contribution in [3.8, 4) is 0 Å². The van der Waals surface area contributed by atoms with Gasteiger partial charge in [0.05, 0.1) is 12.2 Å². The van der Waals surface area contributed by atoms with Gasteiger partial charge >= 0.3 is 5.97 Å². The Balaban J connectivity index is 1.08. The molecule has 296 valence electrons. The second kappa shape index (κ2) is 21.1. The van der Waals surface area contributed by atoms with Crippen LogP contribution in [0.2, 0.25) is 0 Å². The van der Waals surface area contributed by atoms with Gasteiger partial charge in [-0.1, -0.05) is 137 Å². The number of carbonyl (C=O) groups excluding carboxylic acids is 1. The molecule has 4 fully saturated rings. The molecule has 0 aromatic carbocycles. The third-order valence-electron chi connectivity index (χ3n) is 15.5. The van der Waals surface area contributed by atoms with Crippen LogP contribution in [0.25, 0.3) is 0 Å². The number of carboxylic acid groups (broad SMARTS) is 1. The van der Waals surface area contributed by atoms with E-state index < -0.39 is 12.1 Å². The number of fused-ring (bicyclic) bond motifs is 5. The molecule has 0 bridgehead atoms. The summed E-state index contributed by atoms with van der Waals surface area (Å²) in [6, 6.07) is 0.194. The molecule has 4 saturated carbocycles. The minimum Gasteiger partial charge on any atom is -0.481 e. The SMILES string of the molecule is CCCCCCCCCCCCCCCCCCCCC(=O)N[C@H]1CC[C@]2(C)C3C[C@H](O)[C@@]4(C)C(CC[C@@H]4[C@H](C)CCC(=O)O)C3[C@H](O)C[C@@H]2C1. The Hall–Kier alpha value is -1.14. The number of hydrogen-bond acceptors (Lipinski definition) is 4. The van der Waals surface area contributed by atoms with Crippen molar-refractivity contribution < 1.29 is 24.9 Å². The standard InChI is InChI=1S/C45H81NO5/c1-5-6-7-8-9-10-11-12-13-14-15-16-17-18-19-20-21-22-23-41(49)46-35-28-29-44(3)34(30-35)31-39(47)43-37-26-25-36(33(2)24-27-42(50)51)45(37,4)40(48)32-38(43)44/h33-40,43,47-48H,5-32H2,1-4H3,(H,46,49)(H,50,51)/t33-,34+,35+,36-,37?,38?,39-,40+,43?,44+,45-/m1/s1. The highest BCUT2D eigenvalue weighted by Crippen LogP contribution is 2.68. The Morgan fingerprint density at radius 2 is 1.25 bits per heavy atom. The second-order valence-corrected chi connectivity index (χ2v) is 18.8. The van der Waals surface area contributed by atoms with Crippen LogP contribution in [0, 0.1) is 46.3 Å². The number of aliphatic carboxylic acids is 1. The number of nitrogens with one attached hydrogen (secondary N) is 1. The molecule has 11 atom stereocenters. The van der Waals surface area contributed by atoms with Crippen LogP contribution in [-0.2, 0) is 9.59 Å². The van der Waals surface area contributed by atoms with Gasteiger partial charge in [0.1, 0.15) is 0 Å². The number of unbranched alkanes of at least 4 members (excludes halogenated alkanes) is 17. The first-order valence-electron chi connectivity index (χ1n) is 22.4. The van der Waals surface area contributed by atoms with Crippen LogP contribution in [0.4, 0.5) is 0 Å². The van der Waals surface area contributed by atoms with E-state index in [9.17, 15) is 24.9 Å². The molecule has 6 nitrogen and oxygen atoms in total. The first-order chi connectivity index (χ1) is 24.5. The van der Waals surface area contributed by atoms with Gasteiger partial charge in [-0.15, -0.1) is 0 Å². The zero-order valence-electron chi connectivity index (χ0n) is 33.7. The van der Waals surface area contributed by atoms with Crippen LogP contribution in [0.3, 0.4) is 0 Å². The summed E-state index contributed by atoms with van der Waals surface area (Å²) in [5, 5.41) is 36.2. The zero-order valence-corrected chi connectivity index (χ0v) is 33.7. The summed E-state index contributed by atoms with van der Waals surface area (Å²) < 4.78 is 0. The predicted octanol–water partition coefficient (Wildman–Crippen LogP) is 11.0. The van der Waals surface area contributed by atoms with E-state index in [4.69, 9.17) is 0 Å². The maximum absolute atomic E-state index is 13.0. The van der Waals surface area contributed by atoms with Crippen molar-refractivity contribution in [2.75, 3.05) is 0 Å². The quantitative estimate of drug-likeness (QED) is 0.0744. The fourth-order valence-electron chi connectivity index (χ4n) is 12.3. The van der Waals surface area contributed by atoms with Gasteiger partial charge in [0.25, 0.3) is 0 Å². The van der Waals surface area contributed by atoms with Crippen LogP contribution < -0.4 is 5.32 Å². The lowest BCUT2D eigenvalue weighted by molar-refractivity contribution is -0.202. The van der Waals surface area contributed by atoms with Gasteiger partial charge in [-0.2, -0.15) is 0 Å². The summed E-state index contributed by atoms with van der Waals surface area (Å²) in [4.78, 5) is 24.2. The zero-order chi connectivity index (χ0) is 36.9. The van der Waals surface area contributed by atoms with Gasteiger partial charge in [-0.05, 0) is 104 Å². The number of carbonyl (C=O) groups is 2. The van der Waals surface area contributed by atoms with Crippen molar-refractivity contribution in [2.45, 2.75) is 226 Å². The summed E-state index contributed by atoms with van der Waals surface area (Å²) in [7, 11) is 0. The topological polar surface area (TPSA) is 107 Å². The third-order valence-corrected chi connectivity index (χ3v) is 15.5. The van der Waals surface area contributed by atoms with E-state index in [2.05, 4.69) is 33.0 Å². The molecular weight excluding hydrogens is 634 g/mol.